The second kappa shape index (κ2) is 13.1. The van der Waals surface area contributed by atoms with Gasteiger partial charge in [0.1, 0.15) is 5.82 Å². The van der Waals surface area contributed by atoms with Gasteiger partial charge in [-0.05, 0) is 34.5 Å². The third kappa shape index (κ3) is 7.03. The molecule has 0 unspecified atom stereocenters. The van der Waals surface area contributed by atoms with Crippen molar-refractivity contribution in [1.82, 2.24) is 9.97 Å². The monoisotopic (exact) mass is 803 g/mol. The minimum atomic E-state index is -2.08. The third-order valence-corrected chi connectivity index (χ3v) is 12.2. The van der Waals surface area contributed by atoms with Gasteiger partial charge >= 0.3 is 110 Å². The van der Waals surface area contributed by atoms with Crippen LogP contribution in [-0.4, -0.2) is 23.2 Å². The average Bonchev–Trinajstić information content (AvgIpc) is 3.37. The van der Waals surface area contributed by atoms with Gasteiger partial charge in [-0.2, -0.15) is 11.3 Å². The van der Waals surface area contributed by atoms with E-state index >= 15 is 0 Å². The summed E-state index contributed by atoms with van der Waals surface area (Å²) in [6.45, 7) is 1.63. The fourth-order valence-corrected chi connectivity index (χ4v) is 7.79. The molecule has 3 aromatic carbocycles. The van der Waals surface area contributed by atoms with Gasteiger partial charge in [0.15, 0.2) is 0 Å². The first kappa shape index (κ1) is 26.0. The van der Waals surface area contributed by atoms with Gasteiger partial charge in [0.2, 0.25) is 0 Å². The first-order valence-electron chi connectivity index (χ1n) is 15.1. The summed E-state index contributed by atoms with van der Waals surface area (Å²) >= 11 is -0.278. The molecule has 0 atom stereocenters. The Morgan fingerprint density at radius 3 is 2.46 bits per heavy atom. The average molecular weight is 802 g/mol. The summed E-state index contributed by atoms with van der Waals surface area (Å²) < 4.78 is 47.8. The maximum atomic E-state index is 14.3. The normalized spacial score (nSPS) is 13.3. The summed E-state index contributed by atoms with van der Waals surface area (Å²) in [5.74, 6) is 6.08. The van der Waals surface area contributed by atoms with E-state index in [1.165, 1.54) is 16.5 Å². The van der Waals surface area contributed by atoms with Crippen LogP contribution in [0.15, 0.2) is 85.2 Å². The molecular formula is C35H33FGeIrN2S-2. The Morgan fingerprint density at radius 1 is 0.976 bits per heavy atom. The van der Waals surface area contributed by atoms with Crippen molar-refractivity contribution in [3.8, 4) is 22.5 Å². The van der Waals surface area contributed by atoms with Crippen LogP contribution in [0, 0.1) is 24.8 Å². The van der Waals surface area contributed by atoms with Crippen LogP contribution in [0.25, 0.3) is 42.7 Å². The van der Waals surface area contributed by atoms with Crippen LogP contribution in [0.3, 0.4) is 0 Å². The minimum absolute atomic E-state index is 0. The molecule has 6 rings (SSSR count). The zero-order valence-electron chi connectivity index (χ0n) is 27.6. The third-order valence-electron chi connectivity index (χ3n) is 6.72. The molecule has 2 nitrogen and oxygen atoms in total. The van der Waals surface area contributed by atoms with E-state index in [2.05, 4.69) is 45.4 Å². The van der Waals surface area contributed by atoms with Crippen LogP contribution in [0.5, 0.6) is 0 Å². The summed E-state index contributed by atoms with van der Waals surface area (Å²) in [7, 11) is 0. The van der Waals surface area contributed by atoms with Crippen molar-refractivity contribution in [2.75, 3.05) is 0 Å². The van der Waals surface area contributed by atoms with Gasteiger partial charge < -0.3 is 4.98 Å². The number of nitrogens with zero attached hydrogens (tertiary/aromatic N) is 2. The standard InChI is InChI=1S/C20H15FNS.C15H18GeN.Ir/c1-12(2)13-9-10-22-17(11-13)14-5-3-6-15-19-16(21)7-4-8-18(19)23-20(14)15;1-12-5-7-13(8-6-12)15-10-9-14(11-17-15)16(2,3)4;/h3-4,6-12H,1-2H3;5-7,9-11H,1-4H3;/q2*-1;/i12D;1D3;. The van der Waals surface area contributed by atoms with Gasteiger partial charge in [-0.15, -0.1) is 23.8 Å². The van der Waals surface area contributed by atoms with Gasteiger partial charge in [-0.25, -0.2) is 4.39 Å². The van der Waals surface area contributed by atoms with Crippen LogP contribution in [0.4, 0.5) is 4.39 Å². The fraction of sp³-hybridized carbons (Fsp3) is 0.200. The quantitative estimate of drug-likeness (QED) is 0.131. The molecule has 41 heavy (non-hydrogen) atoms. The molecule has 3 aromatic heterocycles. The van der Waals surface area contributed by atoms with E-state index < -0.39 is 26.0 Å². The van der Waals surface area contributed by atoms with E-state index in [1.54, 1.807) is 35.7 Å². The van der Waals surface area contributed by atoms with Crippen LogP contribution in [0.1, 0.15) is 36.4 Å². The molecule has 6 aromatic rings. The van der Waals surface area contributed by atoms with Crippen molar-refractivity contribution < 1.29 is 30.0 Å². The van der Waals surface area contributed by atoms with Crippen LogP contribution in [-0.2, 0) is 20.1 Å². The molecule has 0 saturated carbocycles. The zero-order valence-corrected chi connectivity index (χ0v) is 28.9. The van der Waals surface area contributed by atoms with Crippen molar-refractivity contribution in [1.29, 1.82) is 0 Å². The number of pyridine rings is 2. The smallest absolute Gasteiger partial charge is 0 e. The molecule has 0 amide bonds. The Morgan fingerprint density at radius 2 is 1.80 bits per heavy atom. The molecule has 1 radical (unpaired) electrons. The number of hydrogen-bond acceptors (Lipinski definition) is 3. The number of halogens is 1. The molecule has 0 spiro atoms. The van der Waals surface area contributed by atoms with Crippen molar-refractivity contribution in [2.45, 2.75) is 43.9 Å². The Labute approximate surface area is 268 Å². The Balaban J connectivity index is 0.000000204. The number of aromatic nitrogens is 2. The van der Waals surface area contributed by atoms with Crippen molar-refractivity contribution in [3.63, 3.8) is 0 Å². The maximum absolute atomic E-state index is 14.3. The zero-order chi connectivity index (χ0) is 31.9. The van der Waals surface area contributed by atoms with E-state index in [0.717, 1.165) is 42.9 Å². The Bertz CT molecular complexity index is 1870. The molecular weight excluding hydrogens is 764 g/mol. The minimum Gasteiger partial charge on any atom is 0 e. The second-order valence-electron chi connectivity index (χ2n) is 10.9. The van der Waals surface area contributed by atoms with Crippen LogP contribution in [0.2, 0.25) is 17.3 Å². The molecule has 0 aliphatic rings. The molecule has 211 valence electrons. The number of hydrogen-bond donors (Lipinski definition) is 0. The van der Waals surface area contributed by atoms with Crippen molar-refractivity contribution in [2.24, 2.45) is 0 Å². The predicted octanol–water partition coefficient (Wildman–Crippen LogP) is 9.58. The second-order valence-corrected chi connectivity index (χ2v) is 22.6. The van der Waals surface area contributed by atoms with Gasteiger partial charge in [0, 0.05) is 37.8 Å². The molecule has 0 aliphatic carbocycles. The number of thiophene rings is 1. The van der Waals surface area contributed by atoms with Crippen LogP contribution >= 0.6 is 11.3 Å². The molecule has 6 heteroatoms. The van der Waals surface area contributed by atoms with E-state index in [1.807, 2.05) is 56.4 Å². The van der Waals surface area contributed by atoms with Gasteiger partial charge in [-0.3, -0.25) is 0 Å². The summed E-state index contributed by atoms with van der Waals surface area (Å²) in [6.07, 6.45) is 3.67. The van der Waals surface area contributed by atoms with Crippen molar-refractivity contribution in [3.05, 3.63) is 114 Å². The first-order chi connectivity index (χ1) is 20.6. The van der Waals surface area contributed by atoms with Crippen LogP contribution < -0.4 is 4.40 Å². The number of benzene rings is 3. The maximum Gasteiger partial charge on any atom is 0 e. The fourth-order valence-electron chi connectivity index (χ4n) is 4.40. The van der Waals surface area contributed by atoms with Crippen molar-refractivity contribution >= 4 is 49.2 Å². The van der Waals surface area contributed by atoms with E-state index in [0.29, 0.717) is 10.9 Å². The topological polar surface area (TPSA) is 25.8 Å². The molecule has 3 heterocycles. The number of fused-ring (bicyclic) bond motifs is 3. The van der Waals surface area contributed by atoms with Gasteiger partial charge in [0.05, 0.1) is 0 Å². The van der Waals surface area contributed by atoms with Gasteiger partial charge in [0.25, 0.3) is 0 Å². The first-order valence-corrected chi connectivity index (χ1v) is 21.3. The molecule has 0 N–H and O–H groups in total. The largest absolute Gasteiger partial charge is 0 e. The summed E-state index contributed by atoms with van der Waals surface area (Å²) in [4.78, 5) is 8.95. The molecule has 0 fully saturated rings. The van der Waals surface area contributed by atoms with E-state index in [-0.39, 0.29) is 25.9 Å². The Kier molecular flexibility index (Phi) is 8.29. The van der Waals surface area contributed by atoms with E-state index in [4.69, 9.17) is 5.48 Å². The molecule has 0 bridgehead atoms. The predicted molar refractivity (Wildman–Crippen MR) is 172 cm³/mol. The Hall–Kier alpha value is -2.70. The summed E-state index contributed by atoms with van der Waals surface area (Å²) in [6, 6.07) is 28.0. The SMILES string of the molecule is [2H]C(C)(C)c1ccnc(-c2[c-]ccc3c2sc2cccc(F)c23)c1.[2H]C([2H])([2H])c1c[c-]c(-c2cc[c]([Ge]([CH3])([CH3])[CH3])cn2)cc1.[Ir]. The van der Waals surface area contributed by atoms with Gasteiger partial charge in [-0.1, -0.05) is 36.9 Å². The molecule has 0 saturated heterocycles. The number of aryl methyl sites for hydroxylation is 1. The molecule has 0 aliphatic heterocycles. The number of rotatable bonds is 4. The van der Waals surface area contributed by atoms with E-state index in [9.17, 15) is 4.39 Å². The summed E-state index contributed by atoms with van der Waals surface area (Å²) in [5.41, 5.74) is 4.49. The summed E-state index contributed by atoms with van der Waals surface area (Å²) in [5, 5.41) is 1.55.